The van der Waals surface area contributed by atoms with Crippen molar-refractivity contribution in [2.45, 2.75) is 38.3 Å². The van der Waals surface area contributed by atoms with Crippen molar-refractivity contribution >= 4 is 11.7 Å². The molecule has 1 aromatic heterocycles. The third-order valence-electron chi connectivity index (χ3n) is 4.16. The Kier molecular flexibility index (Phi) is 3.14. The molecule has 2 unspecified atom stereocenters. The van der Waals surface area contributed by atoms with Gasteiger partial charge in [-0.2, -0.15) is 0 Å². The molecule has 1 aliphatic carbocycles. The van der Waals surface area contributed by atoms with Crippen LogP contribution in [-0.2, 0) is 4.74 Å². The topological polar surface area (TPSA) is 75.2 Å². The molecule has 2 heterocycles. The zero-order valence-corrected chi connectivity index (χ0v) is 11.2. The number of rotatable bonds is 2. The maximum atomic E-state index is 7.80. The largest absolute Gasteiger partial charge is 0.384 e. The number of nitrogens with one attached hydrogen (secondary N) is 1. The van der Waals surface area contributed by atoms with E-state index in [0.29, 0.717) is 12.1 Å². The van der Waals surface area contributed by atoms with E-state index >= 15 is 0 Å². The highest BCUT2D eigenvalue weighted by Gasteiger charge is 2.37. The summed E-state index contributed by atoms with van der Waals surface area (Å²) in [6.07, 6.45) is 5.58. The number of ether oxygens (including phenoxy) is 1. The Labute approximate surface area is 113 Å². The Balaban J connectivity index is 2.01. The Bertz CT molecular complexity index is 502. The molecule has 1 aromatic rings. The van der Waals surface area contributed by atoms with Gasteiger partial charge in [0.15, 0.2) is 0 Å². The van der Waals surface area contributed by atoms with E-state index in [1.54, 1.807) is 6.20 Å². The molecule has 0 radical (unpaired) electrons. The summed E-state index contributed by atoms with van der Waals surface area (Å²) in [4.78, 5) is 6.79. The van der Waals surface area contributed by atoms with E-state index in [1.807, 2.05) is 13.0 Å². The summed E-state index contributed by atoms with van der Waals surface area (Å²) in [5.74, 6) is 0.953. The molecule has 0 amide bonds. The molecule has 2 fully saturated rings. The summed E-state index contributed by atoms with van der Waals surface area (Å²) >= 11 is 0. The first-order valence-corrected chi connectivity index (χ1v) is 6.86. The van der Waals surface area contributed by atoms with Crippen LogP contribution in [0.3, 0.4) is 0 Å². The highest BCUT2D eigenvalue weighted by Crippen LogP contribution is 2.34. The first-order chi connectivity index (χ1) is 9.18. The molecule has 1 aliphatic heterocycles. The number of morpholine rings is 1. The van der Waals surface area contributed by atoms with Gasteiger partial charge in [0.2, 0.25) is 0 Å². The average Bonchev–Trinajstić information content (AvgIpc) is 2.85. The molecule has 1 saturated carbocycles. The van der Waals surface area contributed by atoms with Gasteiger partial charge in [-0.3, -0.25) is 5.41 Å². The fraction of sp³-hybridized carbons (Fsp3) is 0.571. The highest BCUT2D eigenvalue weighted by atomic mass is 16.5. The van der Waals surface area contributed by atoms with E-state index in [4.69, 9.17) is 15.9 Å². The monoisotopic (exact) mass is 260 g/mol. The van der Waals surface area contributed by atoms with Crippen LogP contribution in [0.2, 0.25) is 0 Å². The fourth-order valence-corrected chi connectivity index (χ4v) is 3.28. The normalized spacial score (nSPS) is 26.3. The van der Waals surface area contributed by atoms with Gasteiger partial charge in [-0.1, -0.05) is 0 Å². The SMILES string of the molecule is Cc1ccnc(N2CCOC3CCCC32)c1C(=N)N. The molecule has 5 nitrogen and oxygen atoms in total. The summed E-state index contributed by atoms with van der Waals surface area (Å²) in [5.41, 5.74) is 7.53. The minimum Gasteiger partial charge on any atom is -0.384 e. The molecule has 2 atom stereocenters. The molecule has 0 aromatic carbocycles. The third kappa shape index (κ3) is 2.08. The number of hydrogen-bond donors (Lipinski definition) is 2. The molecule has 0 spiro atoms. The van der Waals surface area contributed by atoms with Gasteiger partial charge in [-0.05, 0) is 37.8 Å². The second-order valence-corrected chi connectivity index (χ2v) is 5.34. The van der Waals surface area contributed by atoms with Crippen LogP contribution in [0, 0.1) is 12.3 Å². The van der Waals surface area contributed by atoms with Crippen LogP contribution in [0.1, 0.15) is 30.4 Å². The van der Waals surface area contributed by atoms with Crippen molar-refractivity contribution < 1.29 is 4.74 Å². The summed E-state index contributed by atoms with van der Waals surface area (Å²) in [5, 5.41) is 7.80. The van der Waals surface area contributed by atoms with Crippen LogP contribution in [-0.4, -0.2) is 36.1 Å². The molecule has 5 heteroatoms. The van der Waals surface area contributed by atoms with Crippen LogP contribution in [0.25, 0.3) is 0 Å². The lowest BCUT2D eigenvalue weighted by molar-refractivity contribution is 0.0253. The van der Waals surface area contributed by atoms with Crippen molar-refractivity contribution in [3.63, 3.8) is 0 Å². The van der Waals surface area contributed by atoms with E-state index in [0.717, 1.165) is 42.9 Å². The fourth-order valence-electron chi connectivity index (χ4n) is 3.28. The second kappa shape index (κ2) is 4.81. The molecule has 3 rings (SSSR count). The minimum atomic E-state index is 0.0987. The zero-order chi connectivity index (χ0) is 13.4. The Morgan fingerprint density at radius 3 is 3.16 bits per heavy atom. The predicted octanol–water partition coefficient (Wildman–Crippen LogP) is 1.43. The number of aryl methyl sites for hydroxylation is 1. The van der Waals surface area contributed by atoms with Gasteiger partial charge in [-0.15, -0.1) is 0 Å². The number of anilines is 1. The first kappa shape index (κ1) is 12.4. The maximum absolute atomic E-state index is 7.80. The van der Waals surface area contributed by atoms with Crippen LogP contribution < -0.4 is 10.6 Å². The number of pyridine rings is 1. The molecule has 0 bridgehead atoms. The number of nitrogen functional groups attached to an aromatic ring is 1. The van der Waals surface area contributed by atoms with Crippen molar-refractivity contribution in [2.24, 2.45) is 5.73 Å². The Morgan fingerprint density at radius 2 is 2.37 bits per heavy atom. The van der Waals surface area contributed by atoms with Gasteiger partial charge in [0.05, 0.1) is 24.3 Å². The third-order valence-corrected chi connectivity index (χ3v) is 4.16. The number of fused-ring (bicyclic) bond motifs is 1. The van der Waals surface area contributed by atoms with E-state index < -0.39 is 0 Å². The van der Waals surface area contributed by atoms with Gasteiger partial charge in [0.1, 0.15) is 11.7 Å². The molecular formula is C14H20N4O. The summed E-state index contributed by atoms with van der Waals surface area (Å²) in [6.45, 7) is 3.54. The average molecular weight is 260 g/mol. The summed E-state index contributed by atoms with van der Waals surface area (Å²) < 4.78 is 5.83. The summed E-state index contributed by atoms with van der Waals surface area (Å²) in [7, 11) is 0. The van der Waals surface area contributed by atoms with Gasteiger partial charge in [0, 0.05) is 12.7 Å². The van der Waals surface area contributed by atoms with Gasteiger partial charge < -0.3 is 15.4 Å². The lowest BCUT2D eigenvalue weighted by Crippen LogP contribution is -2.49. The van der Waals surface area contributed by atoms with Crippen molar-refractivity contribution in [1.29, 1.82) is 5.41 Å². The molecular weight excluding hydrogens is 240 g/mol. The lowest BCUT2D eigenvalue weighted by atomic mass is 10.1. The molecule has 102 valence electrons. The van der Waals surface area contributed by atoms with Crippen LogP contribution in [0.4, 0.5) is 5.82 Å². The smallest absolute Gasteiger partial charge is 0.140 e. The van der Waals surface area contributed by atoms with E-state index in [9.17, 15) is 0 Å². The van der Waals surface area contributed by atoms with E-state index in [2.05, 4.69) is 9.88 Å². The van der Waals surface area contributed by atoms with E-state index in [-0.39, 0.29) is 5.84 Å². The molecule has 2 aliphatic rings. The number of aromatic nitrogens is 1. The number of amidine groups is 1. The predicted molar refractivity (Wildman–Crippen MR) is 74.7 cm³/mol. The Morgan fingerprint density at radius 1 is 1.53 bits per heavy atom. The maximum Gasteiger partial charge on any atom is 0.140 e. The standard InChI is InChI=1S/C14H20N4O/c1-9-5-6-17-14(12(9)13(15)16)18-7-8-19-11-4-2-3-10(11)18/h5-6,10-11H,2-4,7-8H2,1H3,(H3,15,16). The molecule has 3 N–H and O–H groups in total. The lowest BCUT2D eigenvalue weighted by Gasteiger charge is -2.39. The van der Waals surface area contributed by atoms with Gasteiger partial charge >= 0.3 is 0 Å². The van der Waals surface area contributed by atoms with Crippen LogP contribution >= 0.6 is 0 Å². The Hall–Kier alpha value is -1.62. The van der Waals surface area contributed by atoms with Crippen LogP contribution in [0.5, 0.6) is 0 Å². The number of nitrogens with two attached hydrogens (primary N) is 1. The highest BCUT2D eigenvalue weighted by molar-refractivity contribution is 6.01. The molecule has 19 heavy (non-hydrogen) atoms. The van der Waals surface area contributed by atoms with Crippen LogP contribution in [0.15, 0.2) is 12.3 Å². The van der Waals surface area contributed by atoms with Gasteiger partial charge in [-0.25, -0.2) is 4.98 Å². The first-order valence-electron chi connectivity index (χ1n) is 6.86. The number of nitrogens with zero attached hydrogens (tertiary/aromatic N) is 2. The van der Waals surface area contributed by atoms with Crippen molar-refractivity contribution in [1.82, 2.24) is 4.98 Å². The summed E-state index contributed by atoms with van der Waals surface area (Å²) in [6, 6.07) is 2.30. The zero-order valence-electron chi connectivity index (χ0n) is 11.2. The van der Waals surface area contributed by atoms with Crippen molar-refractivity contribution in [2.75, 3.05) is 18.1 Å². The quantitative estimate of drug-likeness (QED) is 0.623. The second-order valence-electron chi connectivity index (χ2n) is 5.34. The molecule has 1 saturated heterocycles. The van der Waals surface area contributed by atoms with E-state index in [1.165, 1.54) is 6.42 Å². The van der Waals surface area contributed by atoms with Crippen molar-refractivity contribution in [3.8, 4) is 0 Å². The number of hydrogen-bond acceptors (Lipinski definition) is 4. The minimum absolute atomic E-state index is 0.0987. The van der Waals surface area contributed by atoms with Crippen molar-refractivity contribution in [3.05, 3.63) is 23.4 Å². The van der Waals surface area contributed by atoms with Gasteiger partial charge in [0.25, 0.3) is 0 Å².